The standard InChI is InChI=1S/C16H19ClN2O/c1-19(10-11-20)16-8-6-15(7-9-16)18-12-13-2-4-14(17)5-3-13/h2-9,18,20H,10-12H2,1H3. The van der Waals surface area contributed by atoms with Gasteiger partial charge in [-0.15, -0.1) is 0 Å². The first kappa shape index (κ1) is 14.7. The van der Waals surface area contributed by atoms with Crippen molar-refractivity contribution in [3.63, 3.8) is 0 Å². The number of aliphatic hydroxyl groups is 1. The van der Waals surface area contributed by atoms with E-state index in [1.807, 2.05) is 60.5 Å². The maximum atomic E-state index is 8.92. The number of rotatable bonds is 6. The van der Waals surface area contributed by atoms with E-state index in [1.54, 1.807) is 0 Å². The number of hydrogen-bond donors (Lipinski definition) is 2. The first-order valence-corrected chi connectivity index (χ1v) is 6.97. The Bertz CT molecular complexity index is 525. The van der Waals surface area contributed by atoms with Gasteiger partial charge in [-0.25, -0.2) is 0 Å². The molecule has 0 unspecified atom stereocenters. The van der Waals surface area contributed by atoms with Gasteiger partial charge in [0, 0.05) is 36.5 Å². The van der Waals surface area contributed by atoms with Crippen LogP contribution >= 0.6 is 11.6 Å². The molecule has 0 heterocycles. The lowest BCUT2D eigenvalue weighted by Crippen LogP contribution is -2.20. The molecule has 0 radical (unpaired) electrons. The van der Waals surface area contributed by atoms with E-state index in [4.69, 9.17) is 16.7 Å². The van der Waals surface area contributed by atoms with Crippen LogP contribution in [0.15, 0.2) is 48.5 Å². The maximum Gasteiger partial charge on any atom is 0.0606 e. The molecule has 0 aliphatic heterocycles. The maximum absolute atomic E-state index is 8.92. The molecule has 0 aromatic heterocycles. The molecule has 2 rings (SSSR count). The van der Waals surface area contributed by atoms with Gasteiger partial charge < -0.3 is 15.3 Å². The summed E-state index contributed by atoms with van der Waals surface area (Å²) in [6.07, 6.45) is 0. The van der Waals surface area contributed by atoms with Crippen LogP contribution in [-0.2, 0) is 6.54 Å². The van der Waals surface area contributed by atoms with Crippen LogP contribution in [0.2, 0.25) is 5.02 Å². The molecule has 106 valence electrons. The van der Waals surface area contributed by atoms with E-state index in [9.17, 15) is 0 Å². The van der Waals surface area contributed by atoms with Gasteiger partial charge in [0.1, 0.15) is 0 Å². The molecule has 2 aromatic rings. The zero-order chi connectivity index (χ0) is 14.4. The summed E-state index contributed by atoms with van der Waals surface area (Å²) in [5, 5.41) is 13.0. The van der Waals surface area contributed by atoms with Crippen molar-refractivity contribution in [1.29, 1.82) is 0 Å². The number of anilines is 2. The largest absolute Gasteiger partial charge is 0.395 e. The lowest BCUT2D eigenvalue weighted by Gasteiger charge is -2.18. The van der Waals surface area contributed by atoms with Gasteiger partial charge in [0.2, 0.25) is 0 Å². The molecule has 0 aliphatic carbocycles. The average molecular weight is 291 g/mol. The lowest BCUT2D eigenvalue weighted by molar-refractivity contribution is 0.304. The Labute approximate surface area is 124 Å². The molecule has 0 saturated carbocycles. The van der Waals surface area contributed by atoms with E-state index >= 15 is 0 Å². The van der Waals surface area contributed by atoms with Gasteiger partial charge in [-0.1, -0.05) is 23.7 Å². The molecular weight excluding hydrogens is 272 g/mol. The summed E-state index contributed by atoms with van der Waals surface area (Å²) in [6, 6.07) is 16.0. The van der Waals surface area contributed by atoms with Crippen molar-refractivity contribution in [2.75, 3.05) is 30.4 Å². The molecular formula is C16H19ClN2O. The van der Waals surface area contributed by atoms with Gasteiger partial charge in [-0.3, -0.25) is 0 Å². The zero-order valence-corrected chi connectivity index (χ0v) is 12.3. The van der Waals surface area contributed by atoms with Gasteiger partial charge in [0.05, 0.1) is 6.61 Å². The third-order valence-corrected chi connectivity index (χ3v) is 3.41. The highest BCUT2D eigenvalue weighted by Gasteiger charge is 2.00. The Hall–Kier alpha value is -1.71. The molecule has 0 fully saturated rings. The van der Waals surface area contributed by atoms with E-state index in [0.29, 0.717) is 6.54 Å². The Morgan fingerprint density at radius 2 is 1.70 bits per heavy atom. The molecule has 2 aromatic carbocycles. The molecule has 20 heavy (non-hydrogen) atoms. The number of hydrogen-bond acceptors (Lipinski definition) is 3. The van der Waals surface area contributed by atoms with Crippen LogP contribution in [0, 0.1) is 0 Å². The Morgan fingerprint density at radius 3 is 2.30 bits per heavy atom. The van der Waals surface area contributed by atoms with Crippen molar-refractivity contribution >= 4 is 23.0 Å². The van der Waals surface area contributed by atoms with E-state index in [0.717, 1.165) is 22.9 Å². The van der Waals surface area contributed by atoms with Crippen molar-refractivity contribution < 1.29 is 5.11 Å². The van der Waals surface area contributed by atoms with E-state index in [-0.39, 0.29) is 6.61 Å². The summed E-state index contributed by atoms with van der Waals surface area (Å²) in [5.74, 6) is 0. The number of likely N-dealkylation sites (N-methyl/N-ethyl adjacent to an activating group) is 1. The monoisotopic (exact) mass is 290 g/mol. The second kappa shape index (κ2) is 7.17. The van der Waals surface area contributed by atoms with E-state index in [2.05, 4.69) is 5.32 Å². The minimum atomic E-state index is 0.160. The average Bonchev–Trinajstić information content (AvgIpc) is 2.47. The third-order valence-electron chi connectivity index (χ3n) is 3.15. The van der Waals surface area contributed by atoms with Gasteiger partial charge >= 0.3 is 0 Å². The molecule has 0 atom stereocenters. The van der Waals surface area contributed by atoms with Crippen LogP contribution in [0.3, 0.4) is 0 Å². The van der Waals surface area contributed by atoms with Crippen LogP contribution in [0.1, 0.15) is 5.56 Å². The van der Waals surface area contributed by atoms with Gasteiger partial charge in [0.15, 0.2) is 0 Å². The topological polar surface area (TPSA) is 35.5 Å². The fourth-order valence-corrected chi connectivity index (χ4v) is 2.05. The van der Waals surface area contributed by atoms with Crippen LogP contribution in [0.5, 0.6) is 0 Å². The minimum Gasteiger partial charge on any atom is -0.395 e. The van der Waals surface area contributed by atoms with E-state index in [1.165, 1.54) is 5.56 Å². The normalized spacial score (nSPS) is 10.3. The molecule has 3 nitrogen and oxygen atoms in total. The summed E-state index contributed by atoms with van der Waals surface area (Å²) in [6.45, 7) is 1.56. The Kier molecular flexibility index (Phi) is 5.27. The summed E-state index contributed by atoms with van der Waals surface area (Å²) in [4.78, 5) is 2.02. The third kappa shape index (κ3) is 4.15. The number of benzene rings is 2. The quantitative estimate of drug-likeness (QED) is 0.856. The highest BCUT2D eigenvalue weighted by molar-refractivity contribution is 6.30. The van der Waals surface area contributed by atoms with E-state index < -0.39 is 0 Å². The highest BCUT2D eigenvalue weighted by Crippen LogP contribution is 2.17. The molecule has 0 aliphatic rings. The van der Waals surface area contributed by atoms with Crippen LogP contribution in [0.4, 0.5) is 11.4 Å². The number of nitrogens with one attached hydrogen (secondary N) is 1. The van der Waals surface area contributed by atoms with Crippen LogP contribution < -0.4 is 10.2 Å². The highest BCUT2D eigenvalue weighted by atomic mass is 35.5. The molecule has 0 saturated heterocycles. The fraction of sp³-hybridized carbons (Fsp3) is 0.250. The minimum absolute atomic E-state index is 0.160. The van der Waals surface area contributed by atoms with Crippen molar-refractivity contribution in [3.8, 4) is 0 Å². The van der Waals surface area contributed by atoms with Crippen molar-refractivity contribution in [2.24, 2.45) is 0 Å². The number of aliphatic hydroxyl groups excluding tert-OH is 1. The Balaban J connectivity index is 1.92. The predicted octanol–water partition coefficient (Wildman–Crippen LogP) is 3.38. The lowest BCUT2D eigenvalue weighted by atomic mass is 10.2. The van der Waals surface area contributed by atoms with Gasteiger partial charge in [0.25, 0.3) is 0 Å². The van der Waals surface area contributed by atoms with Crippen molar-refractivity contribution in [1.82, 2.24) is 0 Å². The number of nitrogens with zero attached hydrogens (tertiary/aromatic N) is 1. The summed E-state index contributed by atoms with van der Waals surface area (Å²) >= 11 is 5.86. The molecule has 0 amide bonds. The summed E-state index contributed by atoms with van der Waals surface area (Å²) in [5.41, 5.74) is 3.35. The number of halogens is 1. The van der Waals surface area contributed by atoms with Gasteiger partial charge in [-0.05, 0) is 42.0 Å². The molecule has 0 spiro atoms. The molecule has 4 heteroatoms. The molecule has 2 N–H and O–H groups in total. The Morgan fingerprint density at radius 1 is 1.05 bits per heavy atom. The van der Waals surface area contributed by atoms with Crippen molar-refractivity contribution in [3.05, 3.63) is 59.1 Å². The zero-order valence-electron chi connectivity index (χ0n) is 11.5. The second-order valence-corrected chi connectivity index (χ2v) is 5.11. The summed E-state index contributed by atoms with van der Waals surface area (Å²) in [7, 11) is 1.96. The predicted molar refractivity (Wildman–Crippen MR) is 85.6 cm³/mol. The first-order chi connectivity index (χ1) is 9.69. The van der Waals surface area contributed by atoms with Crippen LogP contribution in [-0.4, -0.2) is 25.3 Å². The van der Waals surface area contributed by atoms with Gasteiger partial charge in [-0.2, -0.15) is 0 Å². The fourth-order valence-electron chi connectivity index (χ4n) is 1.92. The first-order valence-electron chi connectivity index (χ1n) is 6.59. The summed E-state index contributed by atoms with van der Waals surface area (Å²) < 4.78 is 0. The second-order valence-electron chi connectivity index (χ2n) is 4.67. The smallest absolute Gasteiger partial charge is 0.0606 e. The molecule has 0 bridgehead atoms. The van der Waals surface area contributed by atoms with Crippen molar-refractivity contribution in [2.45, 2.75) is 6.54 Å². The van der Waals surface area contributed by atoms with Crippen LogP contribution in [0.25, 0.3) is 0 Å². The SMILES string of the molecule is CN(CCO)c1ccc(NCc2ccc(Cl)cc2)cc1.